The maximum Gasteiger partial charge on any atom is 0.335 e. The number of carbonyl (C=O) groups is 1. The second-order valence-electron chi connectivity index (χ2n) is 5.79. The van der Waals surface area contributed by atoms with Crippen LogP contribution in [-0.4, -0.2) is 45.8 Å². The molecule has 0 saturated carbocycles. The lowest BCUT2D eigenvalue weighted by molar-refractivity contribution is 0.0696. The monoisotopic (exact) mass is 367 g/mol. The molecule has 2 aromatic rings. The zero-order chi connectivity index (χ0) is 17.3. The Morgan fingerprint density at radius 3 is 2.88 bits per heavy atom. The van der Waals surface area contributed by atoms with Gasteiger partial charge in [-0.15, -0.1) is 10.2 Å². The first-order valence-electron chi connectivity index (χ1n) is 7.40. The van der Waals surface area contributed by atoms with Crippen LogP contribution < -0.4 is 0 Å². The highest BCUT2D eigenvalue weighted by atomic mass is 32.2. The molecule has 0 radical (unpaired) electrons. The average molecular weight is 367 g/mol. The van der Waals surface area contributed by atoms with E-state index in [0.717, 1.165) is 5.56 Å². The topological polar surface area (TPSA) is 102 Å². The van der Waals surface area contributed by atoms with Gasteiger partial charge in [-0.1, -0.05) is 23.9 Å². The molecule has 0 unspecified atom stereocenters. The van der Waals surface area contributed by atoms with Crippen LogP contribution in [0.4, 0.5) is 0 Å². The van der Waals surface area contributed by atoms with Crippen LogP contribution in [0.3, 0.4) is 0 Å². The van der Waals surface area contributed by atoms with Crippen LogP contribution in [-0.2, 0) is 22.6 Å². The van der Waals surface area contributed by atoms with Crippen molar-refractivity contribution in [3.63, 3.8) is 0 Å². The van der Waals surface area contributed by atoms with Crippen molar-refractivity contribution in [1.29, 1.82) is 0 Å². The Hall–Kier alpha value is -1.87. The lowest BCUT2D eigenvalue weighted by Crippen LogP contribution is -2.09. The van der Waals surface area contributed by atoms with Crippen LogP contribution >= 0.6 is 11.8 Å². The highest BCUT2D eigenvalue weighted by Gasteiger charge is 2.32. The minimum Gasteiger partial charge on any atom is -0.478 e. The van der Waals surface area contributed by atoms with Crippen LogP contribution in [0.15, 0.2) is 29.4 Å². The van der Waals surface area contributed by atoms with Crippen molar-refractivity contribution >= 4 is 27.6 Å². The Kier molecular flexibility index (Phi) is 4.64. The normalized spacial score (nSPS) is 19.5. The van der Waals surface area contributed by atoms with Crippen LogP contribution in [0.25, 0.3) is 0 Å². The molecule has 1 aromatic carbocycles. The number of aromatic carboxylic acids is 1. The first-order chi connectivity index (χ1) is 11.4. The standard InChI is InChI=1S/C15H17N3O4S2/c1-18-13(12-5-6-24(21,22)9-12)16-17-15(18)23-8-10-3-2-4-11(7-10)14(19)20/h2-4,7,12H,5-6,8-9H2,1H3,(H,19,20)/t12-/m1/s1. The second kappa shape index (κ2) is 6.56. The van der Waals surface area contributed by atoms with Gasteiger partial charge in [-0.2, -0.15) is 0 Å². The number of nitrogens with zero attached hydrogens (tertiary/aromatic N) is 3. The third-order valence-electron chi connectivity index (χ3n) is 4.01. The van der Waals surface area contributed by atoms with Crippen LogP contribution in [0.5, 0.6) is 0 Å². The first kappa shape index (κ1) is 17.0. The maximum atomic E-state index is 11.6. The number of sulfone groups is 1. The van der Waals surface area contributed by atoms with Crippen molar-refractivity contribution in [2.45, 2.75) is 23.2 Å². The summed E-state index contributed by atoms with van der Waals surface area (Å²) in [6, 6.07) is 6.76. The molecule has 0 aliphatic carbocycles. The van der Waals surface area contributed by atoms with E-state index in [4.69, 9.17) is 5.11 Å². The van der Waals surface area contributed by atoms with Crippen molar-refractivity contribution in [2.75, 3.05) is 11.5 Å². The van der Waals surface area contributed by atoms with E-state index in [-0.39, 0.29) is 23.0 Å². The smallest absolute Gasteiger partial charge is 0.335 e. The van der Waals surface area contributed by atoms with Crippen LogP contribution in [0, 0.1) is 0 Å². The summed E-state index contributed by atoms with van der Waals surface area (Å²) in [6.07, 6.45) is 0.583. The predicted molar refractivity (Wildman–Crippen MR) is 90.0 cm³/mol. The number of thioether (sulfide) groups is 1. The molecule has 9 heteroatoms. The number of hydrogen-bond acceptors (Lipinski definition) is 6. The molecule has 1 N–H and O–H groups in total. The number of carboxylic acids is 1. The van der Waals surface area contributed by atoms with Gasteiger partial charge < -0.3 is 9.67 Å². The quantitative estimate of drug-likeness (QED) is 0.803. The number of benzene rings is 1. The third kappa shape index (κ3) is 3.62. The van der Waals surface area contributed by atoms with E-state index in [0.29, 0.717) is 23.2 Å². The Labute approximate surface area is 144 Å². The Morgan fingerprint density at radius 2 is 2.21 bits per heavy atom. The fraction of sp³-hybridized carbons (Fsp3) is 0.400. The third-order valence-corrected chi connectivity index (χ3v) is 6.87. The minimum atomic E-state index is -2.96. The molecule has 1 aliphatic rings. The maximum absolute atomic E-state index is 11.6. The molecule has 1 aromatic heterocycles. The summed E-state index contributed by atoms with van der Waals surface area (Å²) in [6.45, 7) is 0. The number of rotatable bonds is 5. The molecule has 1 aliphatic heterocycles. The fourth-order valence-electron chi connectivity index (χ4n) is 2.75. The van der Waals surface area contributed by atoms with Gasteiger partial charge in [0.15, 0.2) is 15.0 Å². The van der Waals surface area contributed by atoms with Gasteiger partial charge in [0.2, 0.25) is 0 Å². The van der Waals surface area contributed by atoms with Crippen LogP contribution in [0.1, 0.15) is 34.1 Å². The van der Waals surface area contributed by atoms with Crippen LogP contribution in [0.2, 0.25) is 0 Å². The molecule has 3 rings (SSSR count). The molecule has 128 valence electrons. The summed E-state index contributed by atoms with van der Waals surface area (Å²) >= 11 is 1.45. The van der Waals surface area contributed by atoms with Gasteiger partial charge in [0, 0.05) is 18.7 Å². The Balaban J connectivity index is 1.71. The number of carboxylic acid groups (broad SMARTS) is 1. The molecular weight excluding hydrogens is 350 g/mol. The van der Waals surface area contributed by atoms with Gasteiger partial charge in [-0.05, 0) is 24.1 Å². The summed E-state index contributed by atoms with van der Waals surface area (Å²) in [4.78, 5) is 11.0. The van der Waals surface area contributed by atoms with Gasteiger partial charge in [0.25, 0.3) is 0 Å². The molecular formula is C15H17N3O4S2. The van der Waals surface area contributed by atoms with Gasteiger partial charge in [-0.25, -0.2) is 13.2 Å². The molecule has 1 saturated heterocycles. The highest BCUT2D eigenvalue weighted by molar-refractivity contribution is 7.98. The molecule has 24 heavy (non-hydrogen) atoms. The highest BCUT2D eigenvalue weighted by Crippen LogP contribution is 2.30. The zero-order valence-corrected chi connectivity index (χ0v) is 14.7. The zero-order valence-electron chi connectivity index (χ0n) is 13.0. The predicted octanol–water partition coefficient (Wildman–Crippen LogP) is 1.71. The van der Waals surface area contributed by atoms with Crippen molar-refractivity contribution < 1.29 is 18.3 Å². The van der Waals surface area contributed by atoms with Gasteiger partial charge in [-0.3, -0.25) is 0 Å². The van der Waals surface area contributed by atoms with Crippen molar-refractivity contribution in [3.05, 3.63) is 41.2 Å². The molecule has 7 nitrogen and oxygen atoms in total. The van der Waals surface area contributed by atoms with Crippen molar-refractivity contribution in [3.8, 4) is 0 Å². The van der Waals surface area contributed by atoms with E-state index >= 15 is 0 Å². The fourth-order valence-corrected chi connectivity index (χ4v) is 5.35. The molecule has 0 bridgehead atoms. The minimum absolute atomic E-state index is 0.0998. The van der Waals surface area contributed by atoms with E-state index < -0.39 is 15.8 Å². The summed E-state index contributed by atoms with van der Waals surface area (Å²) < 4.78 is 25.1. The first-order valence-corrected chi connectivity index (χ1v) is 10.2. The van der Waals surface area contributed by atoms with Gasteiger partial charge in [0.05, 0.1) is 17.1 Å². The molecule has 0 spiro atoms. The number of hydrogen-bond donors (Lipinski definition) is 1. The summed E-state index contributed by atoms with van der Waals surface area (Å²) in [5.74, 6) is 0.537. The van der Waals surface area contributed by atoms with E-state index in [1.165, 1.54) is 11.8 Å². The van der Waals surface area contributed by atoms with E-state index in [9.17, 15) is 13.2 Å². The number of aromatic nitrogens is 3. The largest absolute Gasteiger partial charge is 0.478 e. The molecule has 1 fully saturated rings. The Morgan fingerprint density at radius 1 is 1.42 bits per heavy atom. The average Bonchev–Trinajstić information content (AvgIpc) is 3.08. The molecule has 0 amide bonds. The van der Waals surface area contributed by atoms with E-state index in [2.05, 4.69) is 10.2 Å². The molecule has 1 atom stereocenters. The lowest BCUT2D eigenvalue weighted by atomic mass is 10.1. The van der Waals surface area contributed by atoms with E-state index in [1.807, 2.05) is 17.7 Å². The SMILES string of the molecule is Cn1c(SCc2cccc(C(=O)O)c2)nnc1[C@@H]1CCS(=O)(=O)C1. The van der Waals surface area contributed by atoms with Gasteiger partial charge >= 0.3 is 5.97 Å². The van der Waals surface area contributed by atoms with Gasteiger partial charge in [0.1, 0.15) is 5.82 Å². The Bertz CT molecular complexity index is 877. The summed E-state index contributed by atoms with van der Waals surface area (Å²) in [7, 11) is -1.13. The second-order valence-corrected chi connectivity index (χ2v) is 8.97. The lowest BCUT2D eigenvalue weighted by Gasteiger charge is -2.08. The summed E-state index contributed by atoms with van der Waals surface area (Å²) in [5, 5.41) is 18.0. The summed E-state index contributed by atoms with van der Waals surface area (Å²) in [5.41, 5.74) is 1.14. The van der Waals surface area contributed by atoms with E-state index in [1.54, 1.807) is 18.2 Å². The van der Waals surface area contributed by atoms with Crippen molar-refractivity contribution in [2.24, 2.45) is 7.05 Å². The van der Waals surface area contributed by atoms with Crippen molar-refractivity contribution in [1.82, 2.24) is 14.8 Å². The molecule has 2 heterocycles.